The van der Waals surface area contributed by atoms with Crippen molar-refractivity contribution in [3.63, 3.8) is 0 Å². The summed E-state index contributed by atoms with van der Waals surface area (Å²) in [5.74, 6) is -4.84. The lowest BCUT2D eigenvalue weighted by atomic mass is 9.91. The minimum absolute atomic E-state index is 0.0372. The van der Waals surface area contributed by atoms with Crippen molar-refractivity contribution in [2.75, 3.05) is 25.5 Å². The number of ether oxygens (including phenoxy) is 1. The normalized spacial score (nSPS) is 20.6. The molecule has 1 aromatic carbocycles. The molecule has 0 bridgehead atoms. The van der Waals surface area contributed by atoms with E-state index in [2.05, 4.69) is 15.6 Å². The van der Waals surface area contributed by atoms with Crippen LogP contribution in [0.2, 0.25) is 0 Å². The van der Waals surface area contributed by atoms with Crippen molar-refractivity contribution in [2.45, 2.75) is 30.7 Å². The number of methoxy groups -OCH3 is 1. The molecule has 35 heavy (non-hydrogen) atoms. The topological polar surface area (TPSA) is 124 Å². The number of likely N-dealkylation sites (tertiary alicyclic amines) is 1. The number of nitrogens with zero attached hydrogens (tertiary/aromatic N) is 3. The maximum absolute atomic E-state index is 14.2. The Kier molecular flexibility index (Phi) is 6.39. The Hall–Kier alpha value is -4.07. The van der Waals surface area contributed by atoms with Crippen molar-refractivity contribution in [1.29, 1.82) is 5.26 Å². The van der Waals surface area contributed by atoms with E-state index in [9.17, 15) is 28.4 Å². The van der Waals surface area contributed by atoms with Crippen LogP contribution in [0.3, 0.4) is 0 Å². The van der Waals surface area contributed by atoms with E-state index < -0.39 is 48.7 Å². The molecule has 1 saturated heterocycles. The van der Waals surface area contributed by atoms with Crippen molar-refractivity contribution >= 4 is 23.4 Å². The van der Waals surface area contributed by atoms with Crippen LogP contribution in [-0.4, -0.2) is 59.3 Å². The van der Waals surface area contributed by atoms with E-state index >= 15 is 0 Å². The fourth-order valence-electron chi connectivity index (χ4n) is 4.32. The Morgan fingerprint density at radius 3 is 2.54 bits per heavy atom. The molecule has 1 saturated carbocycles. The maximum Gasteiger partial charge on any atom is 0.268 e. The van der Waals surface area contributed by atoms with E-state index in [0.29, 0.717) is 24.2 Å². The van der Waals surface area contributed by atoms with Gasteiger partial charge in [-0.3, -0.25) is 19.4 Å². The number of rotatable bonds is 7. The lowest BCUT2D eigenvalue weighted by Crippen LogP contribution is -2.51. The number of anilines is 1. The summed E-state index contributed by atoms with van der Waals surface area (Å²) in [5, 5.41) is 14.7. The first-order valence-electron chi connectivity index (χ1n) is 11.0. The number of hydrogen-bond acceptors (Lipinski definition) is 6. The van der Waals surface area contributed by atoms with Crippen LogP contribution in [0, 0.1) is 17.2 Å². The highest BCUT2D eigenvalue weighted by atomic mass is 19.3. The van der Waals surface area contributed by atoms with Gasteiger partial charge in [0, 0.05) is 11.8 Å². The highest BCUT2D eigenvalue weighted by molar-refractivity contribution is 6.09. The van der Waals surface area contributed by atoms with E-state index in [0.717, 1.165) is 4.90 Å². The summed E-state index contributed by atoms with van der Waals surface area (Å²) in [4.78, 5) is 43.0. The van der Waals surface area contributed by atoms with Crippen molar-refractivity contribution in [3.8, 4) is 11.8 Å². The van der Waals surface area contributed by atoms with Crippen LogP contribution in [0.15, 0.2) is 42.7 Å². The van der Waals surface area contributed by atoms with Crippen LogP contribution in [0.25, 0.3) is 0 Å². The molecule has 2 aliphatic rings. The molecule has 2 heterocycles. The summed E-state index contributed by atoms with van der Waals surface area (Å²) in [7, 11) is 1.50. The van der Waals surface area contributed by atoms with Gasteiger partial charge >= 0.3 is 0 Å². The molecule has 9 nitrogen and oxygen atoms in total. The average molecular weight is 483 g/mol. The lowest BCUT2D eigenvalue weighted by molar-refractivity contribution is -0.134. The number of carbonyl (C=O) groups excluding carboxylic acids is 3. The van der Waals surface area contributed by atoms with Gasteiger partial charge in [-0.05, 0) is 49.1 Å². The molecule has 0 spiro atoms. The minimum atomic E-state index is -3.16. The van der Waals surface area contributed by atoms with E-state index in [4.69, 9.17) is 4.74 Å². The third-order valence-corrected chi connectivity index (χ3v) is 6.21. The standard InChI is InChI=1S/C24H23F2N5O4/c1-35-17-6-2-15(3-7-17)21(33)30-19-10-28-9-8-18(19)22(34)29-11-20(32)31-14-24(25,26)12-23(31,13-27)16-4-5-16/h2-3,6-10,16H,4-5,11-12,14H2,1H3,(H,29,34)(H,30,33). The van der Waals surface area contributed by atoms with Crippen molar-refractivity contribution in [2.24, 2.45) is 5.92 Å². The first kappa shape index (κ1) is 24.1. The molecule has 1 unspecified atom stereocenters. The molecule has 2 aromatic rings. The third-order valence-electron chi connectivity index (χ3n) is 6.21. The average Bonchev–Trinajstić information content (AvgIpc) is 3.67. The Morgan fingerprint density at radius 2 is 1.91 bits per heavy atom. The molecule has 2 N–H and O–H groups in total. The fourth-order valence-corrected chi connectivity index (χ4v) is 4.32. The predicted octanol–water partition coefficient (Wildman–Crippen LogP) is 2.61. The van der Waals surface area contributed by atoms with Gasteiger partial charge in [0.2, 0.25) is 5.91 Å². The van der Waals surface area contributed by atoms with E-state index in [-0.39, 0.29) is 17.2 Å². The SMILES string of the molecule is COc1ccc(C(=O)Nc2cnccc2C(=O)NCC(=O)N2CC(F)(F)CC2(C#N)C2CC2)cc1. The summed E-state index contributed by atoms with van der Waals surface area (Å²) in [6.07, 6.45) is 3.14. The number of pyridine rings is 1. The second kappa shape index (κ2) is 9.29. The molecule has 1 atom stereocenters. The number of halogens is 2. The number of benzene rings is 1. The maximum atomic E-state index is 14.2. The zero-order chi connectivity index (χ0) is 25.2. The van der Waals surface area contributed by atoms with Gasteiger partial charge in [0.25, 0.3) is 17.7 Å². The Bertz CT molecular complexity index is 1190. The first-order chi connectivity index (χ1) is 16.7. The zero-order valence-electron chi connectivity index (χ0n) is 18.9. The molecule has 11 heteroatoms. The number of alkyl halides is 2. The highest BCUT2D eigenvalue weighted by Gasteiger charge is 2.62. The molecule has 0 radical (unpaired) electrons. The Balaban J connectivity index is 1.44. The number of nitrogens with one attached hydrogen (secondary N) is 2. The summed E-state index contributed by atoms with van der Waals surface area (Å²) in [6, 6.07) is 9.64. The number of amides is 3. The second-order valence-electron chi connectivity index (χ2n) is 8.61. The molecule has 1 aliphatic heterocycles. The van der Waals surface area contributed by atoms with Gasteiger partial charge in [-0.2, -0.15) is 5.26 Å². The van der Waals surface area contributed by atoms with Gasteiger partial charge in [0.1, 0.15) is 11.3 Å². The van der Waals surface area contributed by atoms with Crippen molar-refractivity contribution in [3.05, 3.63) is 53.9 Å². The smallest absolute Gasteiger partial charge is 0.268 e. The molecule has 182 valence electrons. The first-order valence-corrected chi connectivity index (χ1v) is 11.0. The molecule has 3 amide bonds. The summed E-state index contributed by atoms with van der Waals surface area (Å²) in [5.41, 5.74) is -1.09. The van der Waals surface area contributed by atoms with Crippen molar-refractivity contribution < 1.29 is 27.9 Å². The van der Waals surface area contributed by atoms with Gasteiger partial charge in [0.05, 0.1) is 50.1 Å². The molecular weight excluding hydrogens is 460 g/mol. The third kappa shape index (κ3) is 4.91. The summed E-state index contributed by atoms with van der Waals surface area (Å²) in [6.45, 7) is -1.43. The largest absolute Gasteiger partial charge is 0.497 e. The zero-order valence-corrected chi connectivity index (χ0v) is 18.9. The van der Waals surface area contributed by atoms with Crippen LogP contribution < -0.4 is 15.4 Å². The number of nitriles is 1. The number of aromatic nitrogens is 1. The molecular formula is C24H23F2N5O4. The van der Waals surface area contributed by atoms with Gasteiger partial charge in [-0.25, -0.2) is 8.78 Å². The van der Waals surface area contributed by atoms with Crippen LogP contribution in [0.4, 0.5) is 14.5 Å². The summed E-state index contributed by atoms with van der Waals surface area (Å²) >= 11 is 0. The second-order valence-corrected chi connectivity index (χ2v) is 8.61. The lowest BCUT2D eigenvalue weighted by Gasteiger charge is -2.31. The van der Waals surface area contributed by atoms with E-state index in [1.54, 1.807) is 24.3 Å². The number of carbonyl (C=O) groups is 3. The minimum Gasteiger partial charge on any atom is -0.497 e. The van der Waals surface area contributed by atoms with Gasteiger partial charge in [-0.15, -0.1) is 0 Å². The van der Waals surface area contributed by atoms with Crippen LogP contribution >= 0.6 is 0 Å². The Labute approximate surface area is 200 Å². The van der Waals surface area contributed by atoms with Gasteiger partial charge < -0.3 is 20.3 Å². The number of hydrogen-bond donors (Lipinski definition) is 2. The van der Waals surface area contributed by atoms with Gasteiger partial charge in [0.15, 0.2) is 0 Å². The van der Waals surface area contributed by atoms with Crippen LogP contribution in [0.1, 0.15) is 40.0 Å². The van der Waals surface area contributed by atoms with Crippen LogP contribution in [-0.2, 0) is 4.79 Å². The Morgan fingerprint density at radius 1 is 1.20 bits per heavy atom. The quantitative estimate of drug-likeness (QED) is 0.624. The van der Waals surface area contributed by atoms with Gasteiger partial charge in [-0.1, -0.05) is 0 Å². The van der Waals surface area contributed by atoms with E-state index in [1.165, 1.54) is 25.6 Å². The fraction of sp³-hybridized carbons (Fsp3) is 0.375. The van der Waals surface area contributed by atoms with E-state index in [1.807, 2.05) is 6.07 Å². The van der Waals surface area contributed by atoms with Crippen LogP contribution in [0.5, 0.6) is 5.75 Å². The molecule has 1 aromatic heterocycles. The predicted molar refractivity (Wildman–Crippen MR) is 120 cm³/mol. The molecule has 1 aliphatic carbocycles. The monoisotopic (exact) mass is 483 g/mol. The molecule has 4 rings (SSSR count). The molecule has 2 fully saturated rings. The summed E-state index contributed by atoms with van der Waals surface area (Å²) < 4.78 is 33.4. The van der Waals surface area contributed by atoms with Crippen molar-refractivity contribution in [1.82, 2.24) is 15.2 Å². The highest BCUT2D eigenvalue weighted by Crippen LogP contribution is 2.52.